The molecule has 1 fully saturated rings. The van der Waals surface area contributed by atoms with Gasteiger partial charge in [-0.15, -0.1) is 0 Å². The molecule has 5 heteroatoms. The van der Waals surface area contributed by atoms with Crippen molar-refractivity contribution in [2.24, 2.45) is 0 Å². The predicted molar refractivity (Wildman–Crippen MR) is 110 cm³/mol. The Labute approximate surface area is 166 Å². The summed E-state index contributed by atoms with van der Waals surface area (Å²) in [5.74, 6) is 0.456. The summed E-state index contributed by atoms with van der Waals surface area (Å²) >= 11 is 5.86. The summed E-state index contributed by atoms with van der Waals surface area (Å²) in [6.45, 7) is 0.799. The second-order valence-electron chi connectivity index (χ2n) is 7.15. The Kier molecular flexibility index (Phi) is 7.13. The lowest BCUT2D eigenvalue weighted by atomic mass is 9.94. The third-order valence-electron chi connectivity index (χ3n) is 5.09. The van der Waals surface area contributed by atoms with Crippen molar-refractivity contribution in [1.82, 2.24) is 4.90 Å². The van der Waals surface area contributed by atoms with Crippen molar-refractivity contribution < 1.29 is 9.53 Å². The van der Waals surface area contributed by atoms with Crippen LogP contribution in [0.1, 0.15) is 37.7 Å². The van der Waals surface area contributed by atoms with Gasteiger partial charge in [-0.3, -0.25) is 9.69 Å². The van der Waals surface area contributed by atoms with E-state index in [1.165, 1.54) is 32.1 Å². The van der Waals surface area contributed by atoms with Crippen molar-refractivity contribution >= 4 is 23.2 Å². The van der Waals surface area contributed by atoms with E-state index in [2.05, 4.69) is 23.3 Å². The number of hydrogen-bond acceptors (Lipinski definition) is 3. The van der Waals surface area contributed by atoms with Gasteiger partial charge in [-0.05, 0) is 55.8 Å². The van der Waals surface area contributed by atoms with Crippen LogP contribution in [0.5, 0.6) is 5.75 Å². The topological polar surface area (TPSA) is 41.6 Å². The molecule has 2 aromatic rings. The number of benzene rings is 2. The van der Waals surface area contributed by atoms with Gasteiger partial charge in [0.2, 0.25) is 0 Å². The molecule has 3 rings (SSSR count). The van der Waals surface area contributed by atoms with E-state index in [1.54, 1.807) is 24.3 Å². The Balaban J connectivity index is 1.56. The van der Waals surface area contributed by atoms with Crippen LogP contribution in [0.2, 0.25) is 5.02 Å². The minimum atomic E-state index is -0.169. The van der Waals surface area contributed by atoms with Crippen molar-refractivity contribution in [3.8, 4) is 5.75 Å². The average molecular weight is 387 g/mol. The zero-order chi connectivity index (χ0) is 19.1. The monoisotopic (exact) mass is 386 g/mol. The molecule has 0 saturated heterocycles. The van der Waals surface area contributed by atoms with E-state index in [0.717, 1.165) is 17.8 Å². The molecular weight excluding hydrogens is 360 g/mol. The Bertz CT molecular complexity index is 742. The van der Waals surface area contributed by atoms with E-state index in [1.807, 2.05) is 18.2 Å². The molecule has 0 bridgehead atoms. The molecule has 1 saturated carbocycles. The molecule has 27 heavy (non-hydrogen) atoms. The molecule has 1 N–H and O–H groups in total. The number of carbonyl (C=O) groups excluding carboxylic acids is 1. The largest absolute Gasteiger partial charge is 0.484 e. The Morgan fingerprint density at radius 1 is 1.11 bits per heavy atom. The summed E-state index contributed by atoms with van der Waals surface area (Å²) in [6, 6.07) is 15.6. The van der Waals surface area contributed by atoms with Crippen molar-refractivity contribution in [2.45, 2.75) is 44.7 Å². The van der Waals surface area contributed by atoms with Crippen LogP contribution in [-0.2, 0) is 11.3 Å². The summed E-state index contributed by atoms with van der Waals surface area (Å²) < 4.78 is 5.53. The van der Waals surface area contributed by atoms with Crippen LogP contribution in [0.25, 0.3) is 0 Å². The maximum Gasteiger partial charge on any atom is 0.262 e. The number of carbonyl (C=O) groups is 1. The van der Waals surface area contributed by atoms with Crippen molar-refractivity contribution in [1.29, 1.82) is 0 Å². The molecule has 0 spiro atoms. The normalized spacial score (nSPS) is 14.9. The molecule has 2 aromatic carbocycles. The molecule has 0 atom stereocenters. The fraction of sp³-hybridized carbons (Fsp3) is 0.409. The van der Waals surface area contributed by atoms with E-state index in [0.29, 0.717) is 16.8 Å². The zero-order valence-electron chi connectivity index (χ0n) is 15.8. The maximum atomic E-state index is 12.3. The van der Waals surface area contributed by atoms with Crippen molar-refractivity contribution in [2.75, 3.05) is 19.0 Å². The number of halogens is 1. The molecule has 144 valence electrons. The van der Waals surface area contributed by atoms with E-state index in [9.17, 15) is 4.79 Å². The third-order valence-corrected chi connectivity index (χ3v) is 5.34. The number of ether oxygens (including phenoxy) is 1. The van der Waals surface area contributed by atoms with Crippen LogP contribution >= 0.6 is 11.6 Å². The number of amides is 1. The van der Waals surface area contributed by atoms with E-state index < -0.39 is 0 Å². The van der Waals surface area contributed by atoms with E-state index in [4.69, 9.17) is 16.3 Å². The molecule has 1 aliphatic carbocycles. The summed E-state index contributed by atoms with van der Waals surface area (Å²) in [4.78, 5) is 14.7. The fourth-order valence-corrected chi connectivity index (χ4v) is 3.69. The lowest BCUT2D eigenvalue weighted by molar-refractivity contribution is -0.118. The van der Waals surface area contributed by atoms with Gasteiger partial charge in [0.15, 0.2) is 6.61 Å². The Hall–Kier alpha value is -2.04. The van der Waals surface area contributed by atoms with Crippen molar-refractivity contribution in [3.63, 3.8) is 0 Å². The second-order valence-corrected chi connectivity index (χ2v) is 7.59. The molecule has 0 unspecified atom stereocenters. The average Bonchev–Trinajstić information content (AvgIpc) is 2.70. The summed E-state index contributed by atoms with van der Waals surface area (Å²) in [5.41, 5.74) is 1.98. The smallest absolute Gasteiger partial charge is 0.262 e. The third kappa shape index (κ3) is 5.98. The standard InChI is InChI=1S/C22H27ClN2O2/c1-25(19-8-3-2-4-9-19)15-17-7-5-6-10-21(17)24-22(26)16-27-20-13-11-18(23)12-14-20/h5-7,10-14,19H,2-4,8-9,15-16H2,1H3,(H,24,26). The highest BCUT2D eigenvalue weighted by Gasteiger charge is 2.19. The van der Waals surface area contributed by atoms with Crippen LogP contribution in [0, 0.1) is 0 Å². The van der Waals surface area contributed by atoms with Crippen LogP contribution < -0.4 is 10.1 Å². The number of anilines is 1. The van der Waals surface area contributed by atoms with Gasteiger partial charge in [-0.1, -0.05) is 49.1 Å². The molecule has 0 radical (unpaired) electrons. The van der Waals surface area contributed by atoms with Crippen LogP contribution in [0.3, 0.4) is 0 Å². The van der Waals surface area contributed by atoms with Gasteiger partial charge < -0.3 is 10.1 Å². The molecule has 0 aliphatic heterocycles. The quantitative estimate of drug-likeness (QED) is 0.717. The van der Waals surface area contributed by atoms with Gasteiger partial charge in [0.25, 0.3) is 5.91 Å². The molecule has 1 amide bonds. The zero-order valence-corrected chi connectivity index (χ0v) is 16.5. The van der Waals surface area contributed by atoms with Crippen LogP contribution in [0.4, 0.5) is 5.69 Å². The molecule has 1 aliphatic rings. The number of rotatable bonds is 7. The highest BCUT2D eigenvalue weighted by molar-refractivity contribution is 6.30. The first-order valence-corrected chi connectivity index (χ1v) is 9.96. The minimum absolute atomic E-state index is 0.0333. The van der Waals surface area contributed by atoms with Gasteiger partial charge >= 0.3 is 0 Å². The van der Waals surface area contributed by atoms with Crippen LogP contribution in [0.15, 0.2) is 48.5 Å². The summed E-state index contributed by atoms with van der Waals surface area (Å²) in [5, 5.41) is 3.63. The SMILES string of the molecule is CN(Cc1ccccc1NC(=O)COc1ccc(Cl)cc1)C1CCCCC1. The van der Waals surface area contributed by atoms with E-state index >= 15 is 0 Å². The lowest BCUT2D eigenvalue weighted by Crippen LogP contribution is -2.33. The lowest BCUT2D eigenvalue weighted by Gasteiger charge is -2.31. The number of hydrogen-bond donors (Lipinski definition) is 1. The first kappa shape index (κ1) is 19.7. The van der Waals surface area contributed by atoms with Gasteiger partial charge in [0.1, 0.15) is 5.75 Å². The number of para-hydroxylation sites is 1. The number of nitrogens with zero attached hydrogens (tertiary/aromatic N) is 1. The summed E-state index contributed by atoms with van der Waals surface area (Å²) in [7, 11) is 2.18. The Morgan fingerprint density at radius 3 is 2.56 bits per heavy atom. The Morgan fingerprint density at radius 2 is 1.81 bits per heavy atom. The highest BCUT2D eigenvalue weighted by atomic mass is 35.5. The second kappa shape index (κ2) is 9.77. The van der Waals surface area contributed by atoms with Gasteiger partial charge in [0.05, 0.1) is 0 Å². The molecule has 0 aromatic heterocycles. The summed E-state index contributed by atoms with van der Waals surface area (Å²) in [6.07, 6.45) is 6.51. The van der Waals surface area contributed by atoms with Gasteiger partial charge in [-0.25, -0.2) is 0 Å². The molecule has 4 nitrogen and oxygen atoms in total. The van der Waals surface area contributed by atoms with E-state index in [-0.39, 0.29) is 12.5 Å². The maximum absolute atomic E-state index is 12.3. The molecular formula is C22H27ClN2O2. The highest BCUT2D eigenvalue weighted by Crippen LogP contribution is 2.25. The first-order chi connectivity index (χ1) is 13.1. The van der Waals surface area contributed by atoms with Gasteiger partial charge in [0, 0.05) is 23.3 Å². The number of nitrogens with one attached hydrogen (secondary N) is 1. The fourth-order valence-electron chi connectivity index (χ4n) is 3.57. The van der Waals surface area contributed by atoms with Crippen LogP contribution in [-0.4, -0.2) is 30.5 Å². The van der Waals surface area contributed by atoms with Crippen molar-refractivity contribution in [3.05, 3.63) is 59.1 Å². The predicted octanol–water partition coefficient (Wildman–Crippen LogP) is 5.12. The molecule has 0 heterocycles. The first-order valence-electron chi connectivity index (χ1n) is 9.58. The minimum Gasteiger partial charge on any atom is -0.484 e. The van der Waals surface area contributed by atoms with Gasteiger partial charge in [-0.2, -0.15) is 0 Å².